The first-order valence-electron chi connectivity index (χ1n) is 7.70. The lowest BCUT2D eigenvalue weighted by Gasteiger charge is -2.16. The number of hydrogen-bond donors (Lipinski definition) is 1. The molecular formula is C18H16ClF2NO2. The van der Waals surface area contributed by atoms with Crippen LogP contribution in [0.15, 0.2) is 36.4 Å². The minimum absolute atomic E-state index is 0.0125. The van der Waals surface area contributed by atoms with Crippen molar-refractivity contribution in [3.05, 3.63) is 58.1 Å². The molecule has 0 radical (unpaired) electrons. The van der Waals surface area contributed by atoms with Gasteiger partial charge in [-0.3, -0.25) is 4.79 Å². The molecule has 0 aliphatic heterocycles. The minimum atomic E-state index is -2.95. The zero-order chi connectivity index (χ0) is 17.1. The van der Waals surface area contributed by atoms with E-state index in [1.165, 1.54) is 35.7 Å². The van der Waals surface area contributed by atoms with Gasteiger partial charge in [-0.2, -0.15) is 8.78 Å². The molecule has 6 heteroatoms. The number of anilines is 1. The van der Waals surface area contributed by atoms with Crippen molar-refractivity contribution in [3.8, 4) is 5.75 Å². The third kappa shape index (κ3) is 3.85. The Bertz CT molecular complexity index is 765. The second-order valence-corrected chi connectivity index (χ2v) is 6.08. The van der Waals surface area contributed by atoms with Gasteiger partial charge >= 0.3 is 6.61 Å². The van der Waals surface area contributed by atoms with Crippen molar-refractivity contribution in [2.75, 3.05) is 5.32 Å². The molecule has 1 amide bonds. The van der Waals surface area contributed by atoms with Crippen LogP contribution in [0.4, 0.5) is 14.5 Å². The van der Waals surface area contributed by atoms with E-state index in [0.717, 1.165) is 19.3 Å². The Morgan fingerprint density at radius 1 is 1.08 bits per heavy atom. The fourth-order valence-electron chi connectivity index (χ4n) is 2.85. The number of benzene rings is 2. The second-order valence-electron chi connectivity index (χ2n) is 5.67. The molecule has 0 saturated heterocycles. The summed E-state index contributed by atoms with van der Waals surface area (Å²) in [6.45, 7) is -2.95. The number of rotatable bonds is 4. The van der Waals surface area contributed by atoms with Crippen molar-refractivity contribution < 1.29 is 18.3 Å². The van der Waals surface area contributed by atoms with Crippen molar-refractivity contribution >= 4 is 23.2 Å². The second kappa shape index (κ2) is 7.18. The van der Waals surface area contributed by atoms with Crippen molar-refractivity contribution in [3.63, 3.8) is 0 Å². The number of amides is 1. The molecule has 0 atom stereocenters. The summed E-state index contributed by atoms with van der Waals surface area (Å²) < 4.78 is 28.7. The normalized spacial score (nSPS) is 13.5. The largest absolute Gasteiger partial charge is 0.433 e. The van der Waals surface area contributed by atoms with Gasteiger partial charge in [0.05, 0.1) is 5.02 Å². The summed E-state index contributed by atoms with van der Waals surface area (Å²) in [4.78, 5) is 12.4. The Kier molecular flexibility index (Phi) is 5.00. The Balaban J connectivity index is 1.74. The van der Waals surface area contributed by atoms with Crippen LogP contribution < -0.4 is 10.1 Å². The fraction of sp³-hybridized carbons (Fsp3) is 0.278. The number of aryl methyl sites for hydroxylation is 2. The molecule has 3 rings (SSSR count). The lowest BCUT2D eigenvalue weighted by Crippen LogP contribution is -2.13. The zero-order valence-electron chi connectivity index (χ0n) is 12.8. The van der Waals surface area contributed by atoms with Crippen LogP contribution in [0.25, 0.3) is 0 Å². The van der Waals surface area contributed by atoms with Crippen LogP contribution >= 0.6 is 11.6 Å². The highest BCUT2D eigenvalue weighted by molar-refractivity contribution is 6.32. The first kappa shape index (κ1) is 16.7. The number of carbonyl (C=O) groups is 1. The Hall–Kier alpha value is -2.14. The van der Waals surface area contributed by atoms with Gasteiger partial charge in [0.15, 0.2) is 0 Å². The summed E-state index contributed by atoms with van der Waals surface area (Å²) in [6.07, 6.45) is 4.36. The minimum Gasteiger partial charge on any atom is -0.433 e. The molecule has 24 heavy (non-hydrogen) atoms. The maximum Gasteiger partial charge on any atom is 0.387 e. The summed E-state index contributed by atoms with van der Waals surface area (Å²) in [6, 6.07) is 9.87. The van der Waals surface area contributed by atoms with E-state index in [0.29, 0.717) is 11.3 Å². The van der Waals surface area contributed by atoms with Crippen molar-refractivity contribution in [2.24, 2.45) is 0 Å². The van der Waals surface area contributed by atoms with Crippen LogP contribution in [0.5, 0.6) is 5.75 Å². The van der Waals surface area contributed by atoms with E-state index in [2.05, 4.69) is 10.1 Å². The van der Waals surface area contributed by atoms with Gasteiger partial charge in [-0.1, -0.05) is 17.7 Å². The molecule has 3 nitrogen and oxygen atoms in total. The number of hydrogen-bond acceptors (Lipinski definition) is 2. The number of nitrogens with one attached hydrogen (secondary N) is 1. The van der Waals surface area contributed by atoms with Gasteiger partial charge in [0.25, 0.3) is 5.91 Å². The molecule has 0 heterocycles. The lowest BCUT2D eigenvalue weighted by molar-refractivity contribution is -0.0497. The smallest absolute Gasteiger partial charge is 0.387 e. The van der Waals surface area contributed by atoms with Crippen LogP contribution in [-0.4, -0.2) is 12.5 Å². The van der Waals surface area contributed by atoms with Crippen molar-refractivity contribution in [1.29, 1.82) is 0 Å². The summed E-state index contributed by atoms with van der Waals surface area (Å²) in [5, 5.41) is 2.73. The van der Waals surface area contributed by atoms with Gasteiger partial charge in [-0.05, 0) is 67.1 Å². The van der Waals surface area contributed by atoms with Gasteiger partial charge < -0.3 is 10.1 Å². The standard InChI is InChI=1S/C18H16ClF2NO2/c19-15-10-14(7-8-16(15)24-18(20)21)22-17(23)13-6-5-11-3-1-2-4-12(11)9-13/h5-10,18H,1-4H2,(H,22,23). The quantitative estimate of drug-likeness (QED) is 0.834. The molecule has 0 saturated carbocycles. The summed E-state index contributed by atoms with van der Waals surface area (Å²) in [5.74, 6) is -0.389. The third-order valence-corrected chi connectivity index (χ3v) is 4.31. The number of fused-ring (bicyclic) bond motifs is 1. The SMILES string of the molecule is O=C(Nc1ccc(OC(F)F)c(Cl)c1)c1ccc2c(c1)CCCC2. The number of halogens is 3. The molecular weight excluding hydrogens is 336 g/mol. The monoisotopic (exact) mass is 351 g/mol. The number of ether oxygens (including phenoxy) is 1. The number of carbonyl (C=O) groups excluding carboxylic acids is 1. The van der Waals surface area contributed by atoms with Gasteiger partial charge in [0.1, 0.15) is 5.75 Å². The molecule has 1 N–H and O–H groups in total. The predicted molar refractivity (Wildman–Crippen MR) is 89.1 cm³/mol. The molecule has 0 fully saturated rings. The van der Waals surface area contributed by atoms with E-state index in [4.69, 9.17) is 11.6 Å². The summed E-state index contributed by atoms with van der Waals surface area (Å²) >= 11 is 5.89. The molecule has 0 bridgehead atoms. The molecule has 126 valence electrons. The fourth-order valence-corrected chi connectivity index (χ4v) is 3.07. The molecule has 0 aromatic heterocycles. The van der Waals surface area contributed by atoms with Gasteiger partial charge in [-0.25, -0.2) is 0 Å². The van der Waals surface area contributed by atoms with E-state index < -0.39 is 6.61 Å². The van der Waals surface area contributed by atoms with Crippen LogP contribution in [0.2, 0.25) is 5.02 Å². The van der Waals surface area contributed by atoms with E-state index in [9.17, 15) is 13.6 Å². The Labute approximate surface area is 143 Å². The highest BCUT2D eigenvalue weighted by Gasteiger charge is 2.14. The summed E-state index contributed by atoms with van der Waals surface area (Å²) in [5.41, 5.74) is 3.51. The highest BCUT2D eigenvalue weighted by Crippen LogP contribution is 2.29. The van der Waals surface area contributed by atoms with Crippen LogP contribution in [0.3, 0.4) is 0 Å². The Morgan fingerprint density at radius 2 is 1.83 bits per heavy atom. The van der Waals surface area contributed by atoms with E-state index in [1.54, 1.807) is 6.07 Å². The molecule has 0 spiro atoms. The van der Waals surface area contributed by atoms with Crippen LogP contribution in [0.1, 0.15) is 34.3 Å². The molecule has 2 aromatic carbocycles. The van der Waals surface area contributed by atoms with Crippen LogP contribution in [0, 0.1) is 0 Å². The third-order valence-electron chi connectivity index (χ3n) is 4.02. The number of alkyl halides is 2. The molecule has 2 aromatic rings. The van der Waals surface area contributed by atoms with E-state index in [-0.39, 0.29) is 16.7 Å². The van der Waals surface area contributed by atoms with Crippen LogP contribution in [-0.2, 0) is 12.8 Å². The predicted octanol–water partition coefficient (Wildman–Crippen LogP) is 5.07. The first-order chi connectivity index (χ1) is 11.5. The van der Waals surface area contributed by atoms with Gasteiger partial charge in [0.2, 0.25) is 0 Å². The molecule has 0 unspecified atom stereocenters. The highest BCUT2D eigenvalue weighted by atomic mass is 35.5. The van der Waals surface area contributed by atoms with E-state index in [1.807, 2.05) is 12.1 Å². The average Bonchev–Trinajstić information content (AvgIpc) is 2.56. The first-order valence-corrected chi connectivity index (χ1v) is 8.08. The lowest BCUT2D eigenvalue weighted by atomic mass is 9.90. The zero-order valence-corrected chi connectivity index (χ0v) is 13.6. The average molecular weight is 352 g/mol. The Morgan fingerprint density at radius 3 is 2.54 bits per heavy atom. The molecule has 1 aliphatic carbocycles. The maximum absolute atomic E-state index is 12.4. The van der Waals surface area contributed by atoms with Gasteiger partial charge in [-0.15, -0.1) is 0 Å². The van der Waals surface area contributed by atoms with Gasteiger partial charge in [0, 0.05) is 11.3 Å². The summed E-state index contributed by atoms with van der Waals surface area (Å²) in [7, 11) is 0. The maximum atomic E-state index is 12.4. The van der Waals surface area contributed by atoms with Crippen molar-refractivity contribution in [2.45, 2.75) is 32.3 Å². The molecule has 1 aliphatic rings. The topological polar surface area (TPSA) is 38.3 Å². The van der Waals surface area contributed by atoms with Crippen molar-refractivity contribution in [1.82, 2.24) is 0 Å². The van der Waals surface area contributed by atoms with E-state index >= 15 is 0 Å².